The Kier molecular flexibility index (Phi) is 6.03. The Morgan fingerprint density at radius 2 is 2.00 bits per heavy atom. The number of methoxy groups -OCH3 is 1. The van der Waals surface area contributed by atoms with Gasteiger partial charge in [-0.3, -0.25) is 4.90 Å². The minimum atomic E-state index is -0.536. The molecule has 2 unspecified atom stereocenters. The fourth-order valence-electron chi connectivity index (χ4n) is 2.96. The van der Waals surface area contributed by atoms with Crippen molar-refractivity contribution in [2.24, 2.45) is 0 Å². The average molecular weight is 292 g/mol. The van der Waals surface area contributed by atoms with Crippen LogP contribution in [0.4, 0.5) is 0 Å². The number of nitrogens with one attached hydrogen (secondary N) is 1. The first-order valence-corrected chi connectivity index (χ1v) is 7.89. The molecule has 2 rings (SSSR count). The van der Waals surface area contributed by atoms with E-state index in [0.717, 1.165) is 23.4 Å². The molecule has 0 saturated carbocycles. The molecule has 4 heteroatoms. The van der Waals surface area contributed by atoms with Crippen molar-refractivity contribution >= 4 is 0 Å². The summed E-state index contributed by atoms with van der Waals surface area (Å²) in [6.07, 6.45) is 2.09. The molecule has 1 fully saturated rings. The van der Waals surface area contributed by atoms with Crippen molar-refractivity contribution in [1.29, 1.82) is 0 Å². The summed E-state index contributed by atoms with van der Waals surface area (Å²) in [7, 11) is 1.64. The minimum Gasteiger partial charge on any atom is -0.496 e. The summed E-state index contributed by atoms with van der Waals surface area (Å²) in [5.41, 5.74) is 1.99. The summed E-state index contributed by atoms with van der Waals surface area (Å²) in [5, 5.41) is 13.8. The molecule has 0 aromatic heterocycles. The molecule has 2 N–H and O–H groups in total. The van der Waals surface area contributed by atoms with Crippen LogP contribution in [-0.4, -0.2) is 49.3 Å². The highest BCUT2D eigenvalue weighted by Gasteiger charge is 2.18. The van der Waals surface area contributed by atoms with E-state index >= 15 is 0 Å². The monoisotopic (exact) mass is 292 g/mol. The van der Waals surface area contributed by atoms with Crippen molar-refractivity contribution in [2.45, 2.75) is 38.8 Å². The molecular formula is C17H28N2O2. The summed E-state index contributed by atoms with van der Waals surface area (Å²) in [6, 6.07) is 6.44. The SMILES string of the molecule is COc1ccc(C)cc1C(O)CNCC(C)N1CCCC1. The van der Waals surface area contributed by atoms with E-state index in [1.54, 1.807) is 7.11 Å². The summed E-state index contributed by atoms with van der Waals surface area (Å²) in [6.45, 7) is 8.15. The van der Waals surface area contributed by atoms with Gasteiger partial charge in [-0.1, -0.05) is 11.6 Å². The van der Waals surface area contributed by atoms with Crippen LogP contribution in [0.3, 0.4) is 0 Å². The molecule has 1 aliphatic heterocycles. The van der Waals surface area contributed by atoms with Gasteiger partial charge in [-0.15, -0.1) is 0 Å². The zero-order valence-corrected chi connectivity index (χ0v) is 13.4. The van der Waals surface area contributed by atoms with Crippen LogP contribution < -0.4 is 10.1 Å². The zero-order chi connectivity index (χ0) is 15.2. The molecule has 0 spiro atoms. The minimum absolute atomic E-state index is 0.527. The lowest BCUT2D eigenvalue weighted by Crippen LogP contribution is -2.39. The Bertz CT molecular complexity index is 444. The third-order valence-corrected chi connectivity index (χ3v) is 4.29. The van der Waals surface area contributed by atoms with Crippen LogP contribution in [0.2, 0.25) is 0 Å². The maximum atomic E-state index is 10.4. The van der Waals surface area contributed by atoms with Crippen molar-refractivity contribution in [3.05, 3.63) is 29.3 Å². The topological polar surface area (TPSA) is 44.7 Å². The highest BCUT2D eigenvalue weighted by Crippen LogP contribution is 2.25. The van der Waals surface area contributed by atoms with Gasteiger partial charge >= 0.3 is 0 Å². The maximum absolute atomic E-state index is 10.4. The first kappa shape index (κ1) is 16.3. The molecule has 0 amide bonds. The molecule has 1 aromatic rings. The van der Waals surface area contributed by atoms with Gasteiger partial charge in [-0.2, -0.15) is 0 Å². The summed E-state index contributed by atoms with van der Waals surface area (Å²) >= 11 is 0. The van der Waals surface area contributed by atoms with E-state index in [2.05, 4.69) is 17.1 Å². The summed E-state index contributed by atoms with van der Waals surface area (Å²) < 4.78 is 5.33. The van der Waals surface area contributed by atoms with Gasteiger partial charge in [0.1, 0.15) is 5.75 Å². The molecule has 1 aliphatic rings. The normalized spacial score (nSPS) is 18.7. The Labute approximate surface area is 128 Å². The van der Waals surface area contributed by atoms with Gasteiger partial charge in [-0.05, 0) is 51.9 Å². The van der Waals surface area contributed by atoms with Crippen LogP contribution in [0, 0.1) is 6.92 Å². The number of hydrogen-bond donors (Lipinski definition) is 2. The number of nitrogens with zero attached hydrogens (tertiary/aromatic N) is 1. The predicted octanol–water partition coefficient (Wildman–Crippen LogP) is 2.11. The highest BCUT2D eigenvalue weighted by molar-refractivity contribution is 5.38. The van der Waals surface area contributed by atoms with E-state index in [0.29, 0.717) is 12.6 Å². The second-order valence-corrected chi connectivity index (χ2v) is 6.01. The molecule has 4 nitrogen and oxygen atoms in total. The van der Waals surface area contributed by atoms with Crippen molar-refractivity contribution in [2.75, 3.05) is 33.3 Å². The molecule has 0 bridgehead atoms. The third-order valence-electron chi connectivity index (χ3n) is 4.29. The highest BCUT2D eigenvalue weighted by atomic mass is 16.5. The van der Waals surface area contributed by atoms with E-state index in [-0.39, 0.29) is 0 Å². The maximum Gasteiger partial charge on any atom is 0.124 e. The molecule has 1 aromatic carbocycles. The molecule has 0 aliphatic carbocycles. The van der Waals surface area contributed by atoms with E-state index in [1.165, 1.54) is 25.9 Å². The van der Waals surface area contributed by atoms with Gasteiger partial charge in [0.15, 0.2) is 0 Å². The molecule has 0 radical (unpaired) electrons. The quantitative estimate of drug-likeness (QED) is 0.808. The van der Waals surface area contributed by atoms with Crippen molar-refractivity contribution in [3.63, 3.8) is 0 Å². The first-order valence-electron chi connectivity index (χ1n) is 7.89. The van der Waals surface area contributed by atoms with Gasteiger partial charge < -0.3 is 15.2 Å². The second-order valence-electron chi connectivity index (χ2n) is 6.01. The number of aliphatic hydroxyl groups excluding tert-OH is 1. The smallest absolute Gasteiger partial charge is 0.124 e. The Morgan fingerprint density at radius 1 is 1.29 bits per heavy atom. The fourth-order valence-corrected chi connectivity index (χ4v) is 2.96. The number of aliphatic hydroxyl groups is 1. The number of rotatable bonds is 7. The van der Waals surface area contributed by atoms with Crippen LogP contribution in [0.5, 0.6) is 5.75 Å². The van der Waals surface area contributed by atoms with Gasteiger partial charge in [0.05, 0.1) is 13.2 Å². The van der Waals surface area contributed by atoms with Crippen LogP contribution >= 0.6 is 0 Å². The largest absolute Gasteiger partial charge is 0.496 e. The predicted molar refractivity (Wildman–Crippen MR) is 85.8 cm³/mol. The van der Waals surface area contributed by atoms with E-state index in [4.69, 9.17) is 4.74 Å². The zero-order valence-electron chi connectivity index (χ0n) is 13.4. The Morgan fingerprint density at radius 3 is 2.67 bits per heavy atom. The number of benzene rings is 1. The van der Waals surface area contributed by atoms with Crippen LogP contribution in [-0.2, 0) is 0 Å². The average Bonchev–Trinajstić information content (AvgIpc) is 3.01. The molecule has 1 saturated heterocycles. The van der Waals surface area contributed by atoms with Crippen molar-refractivity contribution in [1.82, 2.24) is 10.2 Å². The van der Waals surface area contributed by atoms with E-state index < -0.39 is 6.10 Å². The van der Waals surface area contributed by atoms with Gasteiger partial charge in [0, 0.05) is 24.7 Å². The fraction of sp³-hybridized carbons (Fsp3) is 0.647. The van der Waals surface area contributed by atoms with Crippen LogP contribution in [0.1, 0.15) is 37.0 Å². The van der Waals surface area contributed by atoms with Crippen LogP contribution in [0.25, 0.3) is 0 Å². The lowest BCUT2D eigenvalue weighted by atomic mass is 10.1. The van der Waals surface area contributed by atoms with Crippen molar-refractivity contribution in [3.8, 4) is 5.75 Å². The lowest BCUT2D eigenvalue weighted by Gasteiger charge is -2.25. The molecule has 21 heavy (non-hydrogen) atoms. The van der Waals surface area contributed by atoms with E-state index in [9.17, 15) is 5.11 Å². The van der Waals surface area contributed by atoms with Crippen molar-refractivity contribution < 1.29 is 9.84 Å². The first-order chi connectivity index (χ1) is 10.1. The third kappa shape index (κ3) is 4.43. The molecule has 2 atom stereocenters. The van der Waals surface area contributed by atoms with Crippen LogP contribution in [0.15, 0.2) is 18.2 Å². The standard InChI is InChI=1S/C17H28N2O2/c1-13-6-7-17(21-3)15(10-13)16(20)12-18-11-14(2)19-8-4-5-9-19/h6-7,10,14,16,18,20H,4-5,8-9,11-12H2,1-3H3. The molecular weight excluding hydrogens is 264 g/mol. The van der Waals surface area contributed by atoms with Gasteiger partial charge in [-0.25, -0.2) is 0 Å². The molecule has 1 heterocycles. The Balaban J connectivity index is 1.83. The van der Waals surface area contributed by atoms with E-state index in [1.807, 2.05) is 25.1 Å². The lowest BCUT2D eigenvalue weighted by molar-refractivity contribution is 0.164. The van der Waals surface area contributed by atoms with Gasteiger partial charge in [0.25, 0.3) is 0 Å². The number of aryl methyl sites for hydroxylation is 1. The number of likely N-dealkylation sites (tertiary alicyclic amines) is 1. The number of hydrogen-bond acceptors (Lipinski definition) is 4. The molecule has 118 valence electrons. The van der Waals surface area contributed by atoms with Gasteiger partial charge in [0.2, 0.25) is 0 Å². The Hall–Kier alpha value is -1.10. The number of ether oxygens (including phenoxy) is 1. The summed E-state index contributed by atoms with van der Waals surface area (Å²) in [5.74, 6) is 0.752. The second kappa shape index (κ2) is 7.78. The summed E-state index contributed by atoms with van der Waals surface area (Å²) in [4.78, 5) is 2.51.